The van der Waals surface area contributed by atoms with Gasteiger partial charge in [0.25, 0.3) is 0 Å². The van der Waals surface area contributed by atoms with E-state index >= 15 is 0 Å². The third-order valence-corrected chi connectivity index (χ3v) is 2.65. The molecule has 0 aliphatic rings. The summed E-state index contributed by atoms with van der Waals surface area (Å²) in [4.78, 5) is 0. The topological polar surface area (TPSA) is 36.9 Å². The average molecular weight is 290 g/mol. The average Bonchev–Trinajstić information content (AvgIpc) is 2.60. The van der Waals surface area contributed by atoms with Crippen molar-refractivity contribution >= 4 is 26.9 Å². The highest BCUT2D eigenvalue weighted by molar-refractivity contribution is 9.10. The van der Waals surface area contributed by atoms with Crippen molar-refractivity contribution in [1.82, 2.24) is 0 Å². The molecule has 0 spiro atoms. The van der Waals surface area contributed by atoms with Crippen molar-refractivity contribution in [2.24, 2.45) is 0 Å². The second-order valence-corrected chi connectivity index (χ2v) is 3.95. The SMILES string of the molecule is N#Cc1cc(Br)c2occ(C(F)(F)F)c2c1. The summed E-state index contributed by atoms with van der Waals surface area (Å²) in [6.07, 6.45) is -3.84. The molecule has 82 valence electrons. The van der Waals surface area contributed by atoms with Gasteiger partial charge in [-0.3, -0.25) is 0 Å². The maximum absolute atomic E-state index is 12.6. The molecule has 2 rings (SSSR count). The largest absolute Gasteiger partial charge is 0.463 e. The molecule has 0 unspecified atom stereocenters. The highest BCUT2D eigenvalue weighted by Gasteiger charge is 2.35. The Hall–Kier alpha value is -1.48. The molecular weight excluding hydrogens is 287 g/mol. The smallest absolute Gasteiger partial charge is 0.420 e. The van der Waals surface area contributed by atoms with Crippen molar-refractivity contribution in [3.63, 3.8) is 0 Å². The van der Waals surface area contributed by atoms with Gasteiger partial charge in [-0.1, -0.05) is 0 Å². The van der Waals surface area contributed by atoms with E-state index < -0.39 is 11.7 Å². The minimum Gasteiger partial charge on any atom is -0.463 e. The van der Waals surface area contributed by atoms with E-state index in [0.29, 0.717) is 10.7 Å². The van der Waals surface area contributed by atoms with E-state index in [-0.39, 0.29) is 16.5 Å². The van der Waals surface area contributed by atoms with Crippen molar-refractivity contribution in [1.29, 1.82) is 5.26 Å². The fourth-order valence-corrected chi connectivity index (χ4v) is 1.93. The number of rotatable bonds is 0. The van der Waals surface area contributed by atoms with Gasteiger partial charge in [0.15, 0.2) is 0 Å². The van der Waals surface area contributed by atoms with Crippen LogP contribution < -0.4 is 0 Å². The summed E-state index contributed by atoms with van der Waals surface area (Å²) in [7, 11) is 0. The van der Waals surface area contributed by atoms with Crippen LogP contribution in [0, 0.1) is 11.3 Å². The van der Waals surface area contributed by atoms with Gasteiger partial charge in [0, 0.05) is 5.39 Å². The number of fused-ring (bicyclic) bond motifs is 1. The Morgan fingerprint density at radius 1 is 1.31 bits per heavy atom. The van der Waals surface area contributed by atoms with Gasteiger partial charge in [0.05, 0.1) is 16.1 Å². The van der Waals surface area contributed by atoms with E-state index in [9.17, 15) is 13.2 Å². The van der Waals surface area contributed by atoms with E-state index in [0.717, 1.165) is 6.07 Å². The van der Waals surface area contributed by atoms with Crippen LogP contribution in [-0.2, 0) is 6.18 Å². The van der Waals surface area contributed by atoms with Gasteiger partial charge in [-0.05, 0) is 28.1 Å². The van der Waals surface area contributed by atoms with Crippen LogP contribution in [0.1, 0.15) is 11.1 Å². The second kappa shape index (κ2) is 3.52. The molecule has 0 saturated carbocycles. The molecule has 2 aromatic rings. The normalized spacial score (nSPS) is 11.7. The summed E-state index contributed by atoms with van der Waals surface area (Å²) < 4.78 is 42.8. The van der Waals surface area contributed by atoms with Gasteiger partial charge in [0.1, 0.15) is 17.4 Å². The zero-order valence-electron chi connectivity index (χ0n) is 7.60. The number of hydrogen-bond donors (Lipinski definition) is 0. The van der Waals surface area contributed by atoms with Crippen LogP contribution >= 0.6 is 15.9 Å². The number of alkyl halides is 3. The Balaban J connectivity index is 2.82. The van der Waals surface area contributed by atoms with Crippen molar-refractivity contribution in [3.05, 3.63) is 34.0 Å². The highest BCUT2D eigenvalue weighted by atomic mass is 79.9. The molecule has 6 heteroatoms. The zero-order valence-corrected chi connectivity index (χ0v) is 9.19. The van der Waals surface area contributed by atoms with Crippen molar-refractivity contribution < 1.29 is 17.6 Å². The summed E-state index contributed by atoms with van der Waals surface area (Å²) in [5.41, 5.74) is -0.641. The highest BCUT2D eigenvalue weighted by Crippen LogP contribution is 2.38. The standard InChI is InChI=1S/C10H3BrF3NO/c11-8-2-5(3-15)1-6-7(10(12,13)14)4-16-9(6)8/h1-2,4H. The van der Waals surface area contributed by atoms with Gasteiger partial charge in [-0.25, -0.2) is 0 Å². The van der Waals surface area contributed by atoms with Crippen molar-refractivity contribution in [3.8, 4) is 6.07 Å². The van der Waals surface area contributed by atoms with Gasteiger partial charge in [0.2, 0.25) is 0 Å². The van der Waals surface area contributed by atoms with E-state index in [1.165, 1.54) is 6.07 Å². The summed E-state index contributed by atoms with van der Waals surface area (Å²) in [5.74, 6) is 0. The Morgan fingerprint density at radius 2 is 2.00 bits per heavy atom. The molecule has 0 atom stereocenters. The van der Waals surface area contributed by atoms with Crippen LogP contribution in [0.5, 0.6) is 0 Å². The lowest BCUT2D eigenvalue weighted by Crippen LogP contribution is -2.03. The van der Waals surface area contributed by atoms with Crippen LogP contribution in [0.4, 0.5) is 13.2 Å². The van der Waals surface area contributed by atoms with Gasteiger partial charge in [-0.15, -0.1) is 0 Å². The number of hydrogen-bond acceptors (Lipinski definition) is 2. The number of halogens is 4. The fourth-order valence-electron chi connectivity index (χ4n) is 1.38. The molecule has 0 bridgehead atoms. The maximum atomic E-state index is 12.6. The Kier molecular flexibility index (Phi) is 2.43. The van der Waals surface area contributed by atoms with E-state index in [1.54, 1.807) is 6.07 Å². The molecule has 0 N–H and O–H groups in total. The summed E-state index contributed by atoms with van der Waals surface area (Å²) in [5, 5.41) is 8.56. The number of nitriles is 1. The first-order valence-corrected chi connectivity index (χ1v) is 4.91. The third kappa shape index (κ3) is 1.67. The Bertz CT molecular complexity index is 594. The van der Waals surface area contributed by atoms with Gasteiger partial charge < -0.3 is 4.42 Å². The van der Waals surface area contributed by atoms with Crippen LogP contribution in [-0.4, -0.2) is 0 Å². The minimum atomic E-state index is -4.49. The molecule has 2 nitrogen and oxygen atoms in total. The van der Waals surface area contributed by atoms with Crippen LogP contribution in [0.2, 0.25) is 0 Å². The lowest BCUT2D eigenvalue weighted by Gasteiger charge is -2.03. The molecule has 0 aliphatic carbocycles. The predicted octanol–water partition coefficient (Wildman–Crippen LogP) is 4.09. The van der Waals surface area contributed by atoms with Crippen LogP contribution in [0.15, 0.2) is 27.3 Å². The Labute approximate surface area is 96.4 Å². The van der Waals surface area contributed by atoms with E-state index in [1.807, 2.05) is 0 Å². The first-order valence-electron chi connectivity index (χ1n) is 4.11. The molecule has 16 heavy (non-hydrogen) atoms. The van der Waals surface area contributed by atoms with E-state index in [2.05, 4.69) is 15.9 Å². The summed E-state index contributed by atoms with van der Waals surface area (Å²) >= 11 is 3.06. The number of furan rings is 1. The molecule has 0 fully saturated rings. The number of nitrogens with zero attached hydrogens (tertiary/aromatic N) is 1. The first kappa shape index (κ1) is 11.0. The second-order valence-electron chi connectivity index (χ2n) is 3.09. The van der Waals surface area contributed by atoms with Crippen LogP contribution in [0.3, 0.4) is 0 Å². The minimum absolute atomic E-state index is 0.0892. The fraction of sp³-hybridized carbons (Fsp3) is 0.100. The molecule has 1 heterocycles. The van der Waals surface area contributed by atoms with Crippen LogP contribution in [0.25, 0.3) is 11.0 Å². The zero-order chi connectivity index (χ0) is 11.9. The maximum Gasteiger partial charge on any atom is 0.420 e. The predicted molar refractivity (Wildman–Crippen MR) is 53.6 cm³/mol. The monoisotopic (exact) mass is 289 g/mol. The van der Waals surface area contributed by atoms with E-state index in [4.69, 9.17) is 9.68 Å². The van der Waals surface area contributed by atoms with Gasteiger partial charge in [-0.2, -0.15) is 18.4 Å². The molecule has 1 aromatic carbocycles. The lowest BCUT2D eigenvalue weighted by atomic mass is 10.1. The van der Waals surface area contributed by atoms with Crippen molar-refractivity contribution in [2.45, 2.75) is 6.18 Å². The summed E-state index contributed by atoms with van der Waals surface area (Å²) in [6, 6.07) is 4.36. The molecule has 0 aliphatic heterocycles. The lowest BCUT2D eigenvalue weighted by molar-refractivity contribution is -0.136. The van der Waals surface area contributed by atoms with Gasteiger partial charge >= 0.3 is 6.18 Å². The third-order valence-electron chi connectivity index (χ3n) is 2.06. The Morgan fingerprint density at radius 3 is 2.56 bits per heavy atom. The number of benzene rings is 1. The molecule has 0 radical (unpaired) electrons. The molecule has 0 amide bonds. The molecule has 1 aromatic heterocycles. The quantitative estimate of drug-likeness (QED) is 0.733. The first-order chi connectivity index (χ1) is 7.43. The molecule has 0 saturated heterocycles. The molecular formula is C10H3BrF3NO. The van der Waals surface area contributed by atoms with Crippen molar-refractivity contribution in [2.75, 3.05) is 0 Å². The summed E-state index contributed by atoms with van der Waals surface area (Å²) in [6.45, 7) is 0.